The van der Waals surface area contributed by atoms with Gasteiger partial charge in [0.15, 0.2) is 0 Å². The summed E-state index contributed by atoms with van der Waals surface area (Å²) in [6, 6.07) is 12.3. The second-order valence-corrected chi connectivity index (χ2v) is 8.84. The normalized spacial score (nSPS) is 14.1. The highest BCUT2D eigenvalue weighted by Gasteiger charge is 2.14. The quantitative estimate of drug-likeness (QED) is 0.377. The van der Waals surface area contributed by atoms with Crippen molar-refractivity contribution < 1.29 is 14.3 Å². The lowest BCUT2D eigenvalue weighted by atomic mass is 10.1. The van der Waals surface area contributed by atoms with Crippen molar-refractivity contribution in [2.45, 2.75) is 20.3 Å². The van der Waals surface area contributed by atoms with Crippen LogP contribution in [0, 0.1) is 6.92 Å². The molecule has 1 aliphatic heterocycles. The number of aryl methyl sites for hydroxylation is 1. The number of carbonyl (C=O) groups is 1. The number of nitrogens with one attached hydrogen (secondary N) is 1. The second kappa shape index (κ2) is 11.3. The monoisotopic (exact) mass is 476 g/mol. The molecule has 1 fully saturated rings. The summed E-state index contributed by atoms with van der Waals surface area (Å²) in [7, 11) is 0. The number of fused-ring (bicyclic) bond motifs is 1. The fraction of sp³-hybridized carbons (Fsp3) is 0.370. The van der Waals surface area contributed by atoms with E-state index in [1.54, 1.807) is 49.4 Å². The van der Waals surface area contributed by atoms with E-state index in [9.17, 15) is 9.59 Å². The molecule has 0 unspecified atom stereocenters. The van der Waals surface area contributed by atoms with Crippen molar-refractivity contribution >= 4 is 16.8 Å². The van der Waals surface area contributed by atoms with E-state index in [0.717, 1.165) is 44.8 Å². The van der Waals surface area contributed by atoms with Gasteiger partial charge in [-0.1, -0.05) is 12.6 Å². The van der Waals surface area contributed by atoms with Crippen LogP contribution >= 0.6 is 0 Å². The molecule has 184 valence electrons. The Kier molecular flexibility index (Phi) is 7.94. The second-order valence-electron chi connectivity index (χ2n) is 8.84. The maximum atomic E-state index is 13.4. The maximum absolute atomic E-state index is 13.4. The number of carbonyl (C=O) groups excluding carboxylic acids is 1. The summed E-state index contributed by atoms with van der Waals surface area (Å²) in [5.41, 5.74) is 2.37. The number of amides is 1. The van der Waals surface area contributed by atoms with Crippen LogP contribution in [0.1, 0.15) is 29.5 Å². The summed E-state index contributed by atoms with van der Waals surface area (Å²) in [6.45, 7) is 12.8. The number of benzene rings is 2. The summed E-state index contributed by atoms with van der Waals surface area (Å²) in [4.78, 5) is 33.1. The molecule has 0 radical (unpaired) electrons. The number of hydrogen-bond donors (Lipinski definition) is 1. The van der Waals surface area contributed by atoms with Gasteiger partial charge in [0.2, 0.25) is 0 Å². The molecule has 0 bridgehead atoms. The fourth-order valence-electron chi connectivity index (χ4n) is 4.09. The van der Waals surface area contributed by atoms with Crippen molar-refractivity contribution in [3.63, 3.8) is 0 Å². The van der Waals surface area contributed by atoms with Crippen LogP contribution in [-0.4, -0.2) is 66.4 Å². The molecule has 1 amide bonds. The van der Waals surface area contributed by atoms with Crippen LogP contribution in [0.3, 0.4) is 0 Å². The smallest absolute Gasteiger partial charge is 0.266 e. The van der Waals surface area contributed by atoms with Crippen LogP contribution in [0.25, 0.3) is 16.6 Å². The molecule has 4 rings (SSSR count). The van der Waals surface area contributed by atoms with Gasteiger partial charge in [-0.05, 0) is 68.8 Å². The van der Waals surface area contributed by atoms with E-state index in [4.69, 9.17) is 9.47 Å². The number of nitrogens with zero attached hydrogens (tertiary/aromatic N) is 3. The molecule has 0 aliphatic carbocycles. The molecule has 1 aliphatic rings. The SMILES string of the molecule is C=C(C)COc1ccc2nc(C)n(-c3cccc(C(=O)NCCCN4CCOCC4)c3)c(=O)c2c1. The Bertz CT molecular complexity index is 1280. The molecule has 35 heavy (non-hydrogen) atoms. The molecule has 0 saturated carbocycles. The van der Waals surface area contributed by atoms with Crippen LogP contribution < -0.4 is 15.6 Å². The number of hydrogen-bond acceptors (Lipinski definition) is 6. The molecule has 1 N–H and O–H groups in total. The average molecular weight is 477 g/mol. The molecule has 1 saturated heterocycles. The largest absolute Gasteiger partial charge is 0.489 e. The van der Waals surface area contributed by atoms with Crippen LogP contribution in [0.15, 0.2) is 59.4 Å². The zero-order chi connectivity index (χ0) is 24.8. The molecule has 8 nitrogen and oxygen atoms in total. The van der Waals surface area contributed by atoms with Crippen LogP contribution in [0.5, 0.6) is 5.75 Å². The third-order valence-electron chi connectivity index (χ3n) is 5.90. The van der Waals surface area contributed by atoms with Gasteiger partial charge in [0.25, 0.3) is 11.5 Å². The van der Waals surface area contributed by atoms with Crippen LogP contribution in [0.4, 0.5) is 0 Å². The Morgan fingerprint density at radius 3 is 2.77 bits per heavy atom. The number of rotatable bonds is 9. The minimum atomic E-state index is -0.212. The van der Waals surface area contributed by atoms with E-state index in [-0.39, 0.29) is 11.5 Å². The average Bonchev–Trinajstić information content (AvgIpc) is 2.86. The standard InChI is InChI=1S/C27H32N4O4/c1-19(2)18-35-23-8-9-25-24(17-23)27(33)31(20(3)29-25)22-7-4-6-21(16-22)26(32)28-10-5-11-30-12-14-34-15-13-30/h4,6-9,16-17H,1,5,10-15,18H2,2-3H3,(H,28,32). The first kappa shape index (κ1) is 24.6. The van der Waals surface area contributed by atoms with Crippen LogP contribution in [0.2, 0.25) is 0 Å². The van der Waals surface area contributed by atoms with Gasteiger partial charge in [-0.15, -0.1) is 0 Å². The van der Waals surface area contributed by atoms with Gasteiger partial charge in [-0.2, -0.15) is 0 Å². The summed E-state index contributed by atoms with van der Waals surface area (Å²) in [5, 5.41) is 3.43. The first-order valence-corrected chi connectivity index (χ1v) is 11.9. The van der Waals surface area contributed by atoms with Crippen molar-refractivity contribution in [2.24, 2.45) is 0 Å². The van der Waals surface area contributed by atoms with Gasteiger partial charge in [0, 0.05) is 25.2 Å². The van der Waals surface area contributed by atoms with Crippen LogP contribution in [-0.2, 0) is 4.74 Å². The van der Waals surface area contributed by atoms with Gasteiger partial charge in [0.1, 0.15) is 18.2 Å². The molecule has 0 spiro atoms. The Morgan fingerprint density at radius 1 is 1.20 bits per heavy atom. The van der Waals surface area contributed by atoms with Gasteiger partial charge in [-0.3, -0.25) is 19.1 Å². The lowest BCUT2D eigenvalue weighted by molar-refractivity contribution is 0.0374. The third-order valence-corrected chi connectivity index (χ3v) is 5.90. The third kappa shape index (κ3) is 6.15. The van der Waals surface area contributed by atoms with E-state index in [0.29, 0.717) is 46.9 Å². The highest BCUT2D eigenvalue weighted by atomic mass is 16.5. The van der Waals surface area contributed by atoms with Gasteiger partial charge >= 0.3 is 0 Å². The summed E-state index contributed by atoms with van der Waals surface area (Å²) < 4.78 is 12.6. The van der Waals surface area contributed by atoms with Crippen molar-refractivity contribution in [2.75, 3.05) is 46.0 Å². The number of aromatic nitrogens is 2. The first-order chi connectivity index (χ1) is 16.9. The predicted octanol–water partition coefficient (Wildman–Crippen LogP) is 3.10. The van der Waals surface area contributed by atoms with E-state index in [1.807, 2.05) is 6.92 Å². The van der Waals surface area contributed by atoms with Crippen molar-refractivity contribution in [3.05, 3.63) is 76.4 Å². The van der Waals surface area contributed by atoms with Crippen molar-refractivity contribution in [1.29, 1.82) is 0 Å². The number of morpholine rings is 1. The van der Waals surface area contributed by atoms with Gasteiger partial charge in [-0.25, -0.2) is 4.98 Å². The maximum Gasteiger partial charge on any atom is 0.266 e. The molecular formula is C27H32N4O4. The minimum Gasteiger partial charge on any atom is -0.489 e. The van der Waals surface area contributed by atoms with Gasteiger partial charge < -0.3 is 14.8 Å². The summed E-state index contributed by atoms with van der Waals surface area (Å²) >= 11 is 0. The summed E-state index contributed by atoms with van der Waals surface area (Å²) in [5.74, 6) is 0.963. The molecule has 3 aromatic rings. The Morgan fingerprint density at radius 2 is 2.00 bits per heavy atom. The van der Waals surface area contributed by atoms with E-state index >= 15 is 0 Å². The van der Waals surface area contributed by atoms with E-state index in [1.165, 1.54) is 4.57 Å². The lowest BCUT2D eigenvalue weighted by Crippen LogP contribution is -2.38. The molecule has 8 heteroatoms. The lowest BCUT2D eigenvalue weighted by Gasteiger charge is -2.26. The highest BCUT2D eigenvalue weighted by molar-refractivity contribution is 5.94. The Hall–Kier alpha value is -3.49. The molecule has 1 aromatic heterocycles. The van der Waals surface area contributed by atoms with E-state index in [2.05, 4.69) is 21.8 Å². The zero-order valence-electron chi connectivity index (χ0n) is 20.4. The number of ether oxygens (including phenoxy) is 2. The highest BCUT2D eigenvalue weighted by Crippen LogP contribution is 2.19. The topological polar surface area (TPSA) is 85.7 Å². The fourth-order valence-corrected chi connectivity index (χ4v) is 4.09. The Balaban J connectivity index is 1.50. The van der Waals surface area contributed by atoms with Crippen molar-refractivity contribution in [1.82, 2.24) is 19.8 Å². The van der Waals surface area contributed by atoms with E-state index < -0.39 is 0 Å². The molecule has 2 aromatic carbocycles. The molecule has 2 heterocycles. The minimum absolute atomic E-state index is 0.163. The van der Waals surface area contributed by atoms with Gasteiger partial charge in [0.05, 0.1) is 29.8 Å². The zero-order valence-corrected chi connectivity index (χ0v) is 20.4. The Labute approximate surface area is 205 Å². The first-order valence-electron chi connectivity index (χ1n) is 11.9. The molecule has 0 atom stereocenters. The van der Waals surface area contributed by atoms with Crippen molar-refractivity contribution in [3.8, 4) is 11.4 Å². The molecular weight excluding hydrogens is 444 g/mol. The predicted molar refractivity (Wildman–Crippen MR) is 137 cm³/mol. The summed E-state index contributed by atoms with van der Waals surface area (Å²) in [6.07, 6.45) is 0.869.